The number of carbonyl (C=O) groups excluding carboxylic acids is 1. The highest BCUT2D eigenvalue weighted by atomic mass is 16.5. The fourth-order valence-electron chi connectivity index (χ4n) is 4.06. The molecule has 0 aromatic carbocycles. The maximum absolute atomic E-state index is 13.5. The number of aromatic nitrogens is 2. The van der Waals surface area contributed by atoms with Gasteiger partial charge in [-0.15, -0.1) is 0 Å². The Balaban J connectivity index is 1.80. The highest BCUT2D eigenvalue weighted by Gasteiger charge is 2.37. The molecular weight excluding hydrogens is 346 g/mol. The average molecular weight is 371 g/mol. The lowest BCUT2D eigenvalue weighted by Crippen LogP contribution is -2.49. The summed E-state index contributed by atoms with van der Waals surface area (Å²) in [4.78, 5) is 31.4. The molecule has 2 aromatic rings. The summed E-state index contributed by atoms with van der Waals surface area (Å²) in [5.74, 6) is -1.05. The van der Waals surface area contributed by atoms with E-state index in [4.69, 9.17) is 4.52 Å². The Bertz CT molecular complexity index is 900. The van der Waals surface area contributed by atoms with Crippen molar-refractivity contribution < 1.29 is 19.2 Å². The predicted molar refractivity (Wildman–Crippen MR) is 98.7 cm³/mol. The number of amides is 1. The zero-order valence-corrected chi connectivity index (χ0v) is 15.9. The summed E-state index contributed by atoms with van der Waals surface area (Å²) in [6, 6.07) is 1.53. The molecular formula is C20H25N3O4. The molecule has 2 aliphatic rings. The van der Waals surface area contributed by atoms with Crippen LogP contribution in [0, 0.1) is 5.92 Å². The Morgan fingerprint density at radius 3 is 2.67 bits per heavy atom. The molecule has 7 nitrogen and oxygen atoms in total. The van der Waals surface area contributed by atoms with Crippen LogP contribution in [0.4, 0.5) is 0 Å². The molecule has 1 saturated heterocycles. The molecule has 1 amide bonds. The molecule has 0 bridgehead atoms. The maximum Gasteiger partial charge on any atom is 0.308 e. The molecule has 1 N–H and O–H groups in total. The van der Waals surface area contributed by atoms with Crippen molar-refractivity contribution in [3.05, 3.63) is 23.0 Å². The molecule has 0 unspecified atom stereocenters. The van der Waals surface area contributed by atoms with Gasteiger partial charge in [-0.3, -0.25) is 9.59 Å². The maximum atomic E-state index is 13.5. The van der Waals surface area contributed by atoms with Crippen molar-refractivity contribution in [3.63, 3.8) is 0 Å². The van der Waals surface area contributed by atoms with Gasteiger partial charge in [0, 0.05) is 24.2 Å². The number of hydrogen-bond acceptors (Lipinski definition) is 5. The van der Waals surface area contributed by atoms with Crippen LogP contribution in [0.25, 0.3) is 11.1 Å². The van der Waals surface area contributed by atoms with Gasteiger partial charge in [-0.25, -0.2) is 4.98 Å². The summed E-state index contributed by atoms with van der Waals surface area (Å²) in [6.45, 7) is 6.40. The normalized spacial score (nSPS) is 23.2. The summed E-state index contributed by atoms with van der Waals surface area (Å²) in [5, 5.41) is 14.3. The van der Waals surface area contributed by atoms with Gasteiger partial charge in [-0.2, -0.15) is 0 Å². The van der Waals surface area contributed by atoms with Crippen LogP contribution < -0.4 is 0 Å². The van der Waals surface area contributed by atoms with E-state index in [-0.39, 0.29) is 17.9 Å². The van der Waals surface area contributed by atoms with E-state index in [1.165, 1.54) is 0 Å². The highest BCUT2D eigenvalue weighted by Crippen LogP contribution is 2.41. The van der Waals surface area contributed by atoms with Crippen molar-refractivity contribution in [2.45, 2.75) is 64.3 Å². The Labute approximate surface area is 157 Å². The quantitative estimate of drug-likeness (QED) is 0.883. The molecule has 7 heteroatoms. The molecule has 1 aliphatic carbocycles. The number of rotatable bonds is 4. The Morgan fingerprint density at radius 1 is 1.30 bits per heavy atom. The third kappa shape index (κ3) is 3.09. The number of aliphatic carboxylic acids is 1. The predicted octanol–water partition coefficient (Wildman–Crippen LogP) is 3.55. The molecule has 4 rings (SSSR count). The Hall–Kier alpha value is -2.44. The van der Waals surface area contributed by atoms with Crippen LogP contribution >= 0.6 is 0 Å². The second-order valence-corrected chi connectivity index (χ2v) is 8.10. The Kier molecular flexibility index (Phi) is 4.40. The number of carbonyl (C=O) groups is 2. The molecule has 0 radical (unpaired) electrons. The van der Waals surface area contributed by atoms with Crippen molar-refractivity contribution >= 4 is 23.0 Å². The van der Waals surface area contributed by atoms with Gasteiger partial charge in [0.1, 0.15) is 0 Å². The number of likely N-dealkylation sites (tertiary alicyclic amines) is 1. The second-order valence-electron chi connectivity index (χ2n) is 8.10. The summed E-state index contributed by atoms with van der Waals surface area (Å²) < 4.78 is 5.47. The standard InChI is InChI=1S/C20H25N3O4/c1-10(2)17-16-14(9-15(12-6-7-12)21-18(16)27-22-17)19(24)23-8-4-5-13(11(23)3)20(25)26/h9-13H,4-8H2,1-3H3,(H,25,26)/t11-,13-/m0/s1. The second kappa shape index (κ2) is 6.62. The molecule has 1 aliphatic heterocycles. The van der Waals surface area contributed by atoms with E-state index >= 15 is 0 Å². The van der Waals surface area contributed by atoms with Gasteiger partial charge in [0.15, 0.2) is 0 Å². The van der Waals surface area contributed by atoms with Gasteiger partial charge >= 0.3 is 5.97 Å². The van der Waals surface area contributed by atoms with Crippen molar-refractivity contribution in [2.75, 3.05) is 6.54 Å². The van der Waals surface area contributed by atoms with Crippen LogP contribution in [0.2, 0.25) is 0 Å². The topological polar surface area (TPSA) is 96.5 Å². The molecule has 2 aromatic heterocycles. The first-order chi connectivity index (χ1) is 12.9. The molecule has 2 atom stereocenters. The van der Waals surface area contributed by atoms with Crippen LogP contribution in [0.5, 0.6) is 0 Å². The molecule has 3 heterocycles. The van der Waals surface area contributed by atoms with Gasteiger partial charge in [-0.1, -0.05) is 19.0 Å². The van der Waals surface area contributed by atoms with Gasteiger partial charge in [0.2, 0.25) is 0 Å². The first-order valence-corrected chi connectivity index (χ1v) is 9.72. The number of nitrogens with zero attached hydrogens (tertiary/aromatic N) is 3. The monoisotopic (exact) mass is 371 g/mol. The number of pyridine rings is 1. The zero-order valence-electron chi connectivity index (χ0n) is 15.9. The van der Waals surface area contributed by atoms with E-state index in [2.05, 4.69) is 10.1 Å². The van der Waals surface area contributed by atoms with E-state index in [1.807, 2.05) is 26.8 Å². The van der Waals surface area contributed by atoms with Crippen molar-refractivity contribution in [3.8, 4) is 0 Å². The van der Waals surface area contributed by atoms with Crippen LogP contribution in [-0.4, -0.2) is 44.6 Å². The number of hydrogen-bond donors (Lipinski definition) is 1. The summed E-state index contributed by atoms with van der Waals surface area (Å²) in [5.41, 5.74) is 2.55. The van der Waals surface area contributed by atoms with Crippen molar-refractivity contribution in [1.29, 1.82) is 0 Å². The lowest BCUT2D eigenvalue weighted by molar-refractivity contribution is -0.144. The first-order valence-electron chi connectivity index (χ1n) is 9.72. The van der Waals surface area contributed by atoms with Crippen LogP contribution in [-0.2, 0) is 4.79 Å². The lowest BCUT2D eigenvalue weighted by Gasteiger charge is -2.37. The molecule has 1 saturated carbocycles. The van der Waals surface area contributed by atoms with E-state index in [0.29, 0.717) is 42.0 Å². The van der Waals surface area contributed by atoms with Gasteiger partial charge in [0.25, 0.3) is 11.6 Å². The molecule has 144 valence electrons. The van der Waals surface area contributed by atoms with Crippen LogP contribution in [0.3, 0.4) is 0 Å². The SMILES string of the molecule is CC(C)c1noc2nc(C3CC3)cc(C(=O)N3CCC[C@H](C(=O)O)[C@@H]3C)c12. The summed E-state index contributed by atoms with van der Waals surface area (Å²) >= 11 is 0. The van der Waals surface area contributed by atoms with Crippen LogP contribution in [0.15, 0.2) is 10.6 Å². The number of piperidine rings is 1. The van der Waals surface area contributed by atoms with E-state index < -0.39 is 11.9 Å². The summed E-state index contributed by atoms with van der Waals surface area (Å²) in [6.07, 6.45) is 3.43. The van der Waals surface area contributed by atoms with Crippen LogP contribution in [0.1, 0.15) is 80.0 Å². The third-order valence-corrected chi connectivity index (χ3v) is 5.83. The van der Waals surface area contributed by atoms with Gasteiger partial charge in [0.05, 0.1) is 22.6 Å². The zero-order chi connectivity index (χ0) is 19.3. The van der Waals surface area contributed by atoms with E-state index in [1.54, 1.807) is 4.90 Å². The van der Waals surface area contributed by atoms with Gasteiger partial charge in [-0.05, 0) is 44.6 Å². The smallest absolute Gasteiger partial charge is 0.308 e. The minimum absolute atomic E-state index is 0.0944. The van der Waals surface area contributed by atoms with E-state index in [0.717, 1.165) is 24.2 Å². The minimum atomic E-state index is -0.841. The first kappa shape index (κ1) is 17.9. The van der Waals surface area contributed by atoms with Crippen molar-refractivity contribution in [1.82, 2.24) is 15.0 Å². The number of carboxylic acids is 1. The lowest BCUT2D eigenvalue weighted by atomic mass is 9.89. The molecule has 27 heavy (non-hydrogen) atoms. The summed E-state index contributed by atoms with van der Waals surface area (Å²) in [7, 11) is 0. The number of carboxylic acid groups (broad SMARTS) is 1. The average Bonchev–Trinajstić information content (AvgIpc) is 3.39. The fourth-order valence-corrected chi connectivity index (χ4v) is 4.06. The Morgan fingerprint density at radius 2 is 2.04 bits per heavy atom. The molecule has 0 spiro atoms. The minimum Gasteiger partial charge on any atom is -0.481 e. The molecule has 2 fully saturated rings. The third-order valence-electron chi connectivity index (χ3n) is 5.83. The fraction of sp³-hybridized carbons (Fsp3) is 0.600. The largest absolute Gasteiger partial charge is 0.481 e. The highest BCUT2D eigenvalue weighted by molar-refractivity contribution is 6.06. The number of fused-ring (bicyclic) bond motifs is 1. The van der Waals surface area contributed by atoms with Gasteiger partial charge < -0.3 is 14.5 Å². The van der Waals surface area contributed by atoms with Crippen molar-refractivity contribution in [2.24, 2.45) is 5.92 Å². The van der Waals surface area contributed by atoms with E-state index in [9.17, 15) is 14.7 Å².